The molecule has 4 rings (SSSR count). The second-order valence-electron chi connectivity index (χ2n) is 5.37. The van der Waals surface area contributed by atoms with E-state index in [1.165, 1.54) is 16.6 Å². The van der Waals surface area contributed by atoms with Crippen molar-refractivity contribution in [2.24, 2.45) is 7.05 Å². The van der Waals surface area contributed by atoms with Crippen molar-refractivity contribution in [1.82, 2.24) is 9.38 Å². The minimum atomic E-state index is 0.976. The van der Waals surface area contributed by atoms with Gasteiger partial charge in [0.15, 0.2) is 0 Å². The highest BCUT2D eigenvalue weighted by Crippen LogP contribution is 2.25. The lowest BCUT2D eigenvalue weighted by atomic mass is 10.1. The molecule has 0 spiro atoms. The molecule has 2 aromatic carbocycles. The second kappa shape index (κ2) is 4.42. The molecule has 0 aliphatic heterocycles. The molecule has 0 unspecified atom stereocenters. The molecule has 0 bridgehead atoms. The monoisotopic (exact) mass is 274 g/mol. The molecule has 102 valence electrons. The van der Waals surface area contributed by atoms with Crippen molar-refractivity contribution in [1.29, 1.82) is 0 Å². The molecule has 0 aliphatic rings. The van der Waals surface area contributed by atoms with Gasteiger partial charge in [-0.1, -0.05) is 30.3 Å². The molecule has 3 heteroatoms. The number of aryl methyl sites for hydroxylation is 2. The number of hydrogen-bond acceptors (Lipinski definition) is 1. The summed E-state index contributed by atoms with van der Waals surface area (Å²) in [5.74, 6) is 0.976. The molecule has 2 heterocycles. The normalized spacial score (nSPS) is 11.3. The van der Waals surface area contributed by atoms with Crippen LogP contribution in [0.4, 0.5) is 0 Å². The molecular weight excluding hydrogens is 258 g/mol. The first-order valence-electron chi connectivity index (χ1n) is 7.07. The van der Waals surface area contributed by atoms with E-state index in [1.54, 1.807) is 0 Å². The van der Waals surface area contributed by atoms with Gasteiger partial charge < -0.3 is 0 Å². The minimum absolute atomic E-state index is 0.976. The van der Waals surface area contributed by atoms with Gasteiger partial charge in [-0.2, -0.15) is 4.40 Å². The zero-order chi connectivity index (χ0) is 14.4. The van der Waals surface area contributed by atoms with Crippen LogP contribution < -0.4 is 4.57 Å². The molecule has 0 aliphatic carbocycles. The maximum Gasteiger partial charge on any atom is 0.297 e. The molecule has 3 nitrogen and oxygen atoms in total. The zero-order valence-corrected chi connectivity index (χ0v) is 12.1. The highest BCUT2D eigenvalue weighted by molar-refractivity contribution is 5.94. The molecule has 0 atom stereocenters. The minimum Gasteiger partial charge on any atom is -0.232 e. The van der Waals surface area contributed by atoms with E-state index in [2.05, 4.69) is 65.7 Å². The lowest BCUT2D eigenvalue weighted by Gasteiger charge is -2.05. The van der Waals surface area contributed by atoms with Crippen LogP contribution in [-0.2, 0) is 7.05 Å². The molecule has 21 heavy (non-hydrogen) atoms. The van der Waals surface area contributed by atoms with Crippen LogP contribution in [0.1, 0.15) is 5.56 Å². The van der Waals surface area contributed by atoms with E-state index in [-0.39, 0.29) is 0 Å². The van der Waals surface area contributed by atoms with E-state index in [1.807, 2.05) is 18.2 Å². The van der Waals surface area contributed by atoms with Gasteiger partial charge >= 0.3 is 0 Å². The number of imidazole rings is 1. The van der Waals surface area contributed by atoms with E-state index in [0.717, 1.165) is 16.9 Å². The third kappa shape index (κ3) is 1.74. The van der Waals surface area contributed by atoms with Gasteiger partial charge in [-0.25, -0.2) is 9.55 Å². The van der Waals surface area contributed by atoms with Gasteiger partial charge in [0, 0.05) is 5.56 Å². The fraction of sp³-hybridized carbons (Fsp3) is 0.111. The number of hydrogen-bond donors (Lipinski definition) is 0. The summed E-state index contributed by atoms with van der Waals surface area (Å²) in [6.07, 6.45) is 4.16. The third-order valence-electron chi connectivity index (χ3n) is 3.96. The molecule has 0 radical (unpaired) electrons. The summed E-state index contributed by atoms with van der Waals surface area (Å²) < 4.78 is 4.33. The topological polar surface area (TPSA) is 21.2 Å². The Kier molecular flexibility index (Phi) is 2.54. The van der Waals surface area contributed by atoms with Crippen molar-refractivity contribution in [3.63, 3.8) is 0 Å². The number of nitrogens with zero attached hydrogens (tertiary/aromatic N) is 3. The molecular formula is C18H16N3+. The standard InChI is InChI=1S/C18H16N3/c1-13-7-6-10-15-16(13)18-20(2)11-12-21(18)17(19-15)14-8-4-3-5-9-14/h3-12H,1-2H3/q+1. The van der Waals surface area contributed by atoms with Crippen LogP contribution >= 0.6 is 0 Å². The Morgan fingerprint density at radius 1 is 1.00 bits per heavy atom. The van der Waals surface area contributed by atoms with Crippen LogP contribution in [-0.4, -0.2) is 9.38 Å². The zero-order valence-electron chi connectivity index (χ0n) is 12.1. The summed E-state index contributed by atoms with van der Waals surface area (Å²) >= 11 is 0. The first-order chi connectivity index (χ1) is 10.3. The summed E-state index contributed by atoms with van der Waals surface area (Å²) in [4.78, 5) is 4.90. The Labute approximate surface area is 123 Å². The molecule has 0 fully saturated rings. The SMILES string of the molecule is Cc1cccc2nc(-c3ccccc3)n3cc[n+](C)c3c12. The van der Waals surface area contributed by atoms with Crippen LogP contribution in [0.5, 0.6) is 0 Å². The molecule has 0 amide bonds. The van der Waals surface area contributed by atoms with Crippen LogP contribution in [0.2, 0.25) is 0 Å². The van der Waals surface area contributed by atoms with E-state index in [0.29, 0.717) is 0 Å². The first kappa shape index (κ1) is 12.1. The van der Waals surface area contributed by atoms with Crippen molar-refractivity contribution in [2.45, 2.75) is 6.92 Å². The smallest absolute Gasteiger partial charge is 0.232 e. The van der Waals surface area contributed by atoms with Gasteiger partial charge in [-0.3, -0.25) is 0 Å². The second-order valence-corrected chi connectivity index (χ2v) is 5.37. The van der Waals surface area contributed by atoms with Gasteiger partial charge in [0.05, 0.1) is 18.0 Å². The molecule has 4 aromatic rings. The average Bonchev–Trinajstić information content (AvgIpc) is 2.90. The van der Waals surface area contributed by atoms with E-state index in [9.17, 15) is 0 Å². The van der Waals surface area contributed by atoms with Crippen molar-refractivity contribution in [2.75, 3.05) is 0 Å². The molecule has 0 saturated heterocycles. The van der Waals surface area contributed by atoms with Crippen molar-refractivity contribution in [3.8, 4) is 11.4 Å². The van der Waals surface area contributed by atoms with Crippen LogP contribution in [0.25, 0.3) is 27.9 Å². The summed E-state index contributed by atoms with van der Waals surface area (Å²) in [5.41, 5.74) is 4.59. The summed E-state index contributed by atoms with van der Waals surface area (Å²) in [6, 6.07) is 16.6. The quantitative estimate of drug-likeness (QED) is 0.488. The van der Waals surface area contributed by atoms with Crippen LogP contribution in [0, 0.1) is 6.92 Å². The van der Waals surface area contributed by atoms with Gasteiger partial charge in [0.2, 0.25) is 5.82 Å². The average molecular weight is 274 g/mol. The number of rotatable bonds is 1. The Morgan fingerprint density at radius 3 is 2.62 bits per heavy atom. The maximum atomic E-state index is 4.90. The largest absolute Gasteiger partial charge is 0.297 e. The number of fused-ring (bicyclic) bond motifs is 3. The Morgan fingerprint density at radius 2 is 1.81 bits per heavy atom. The van der Waals surface area contributed by atoms with Crippen molar-refractivity contribution >= 4 is 16.6 Å². The fourth-order valence-corrected chi connectivity index (χ4v) is 2.94. The predicted molar refractivity (Wildman–Crippen MR) is 84.0 cm³/mol. The Balaban J connectivity index is 2.22. The third-order valence-corrected chi connectivity index (χ3v) is 3.96. The lowest BCUT2D eigenvalue weighted by Crippen LogP contribution is -2.26. The Hall–Kier alpha value is -2.68. The van der Waals surface area contributed by atoms with Crippen LogP contribution in [0.15, 0.2) is 60.9 Å². The summed E-state index contributed by atoms with van der Waals surface area (Å²) in [6.45, 7) is 2.14. The number of benzene rings is 2. The molecule has 2 aromatic heterocycles. The predicted octanol–water partition coefficient (Wildman–Crippen LogP) is 3.29. The fourth-order valence-electron chi connectivity index (χ4n) is 2.94. The maximum absolute atomic E-state index is 4.90. The van der Waals surface area contributed by atoms with Gasteiger partial charge in [-0.15, -0.1) is 0 Å². The summed E-state index contributed by atoms with van der Waals surface area (Å²) in [7, 11) is 2.08. The molecule has 0 saturated carbocycles. The van der Waals surface area contributed by atoms with E-state index in [4.69, 9.17) is 4.98 Å². The highest BCUT2D eigenvalue weighted by Gasteiger charge is 2.19. The van der Waals surface area contributed by atoms with Gasteiger partial charge in [0.25, 0.3) is 5.65 Å². The van der Waals surface area contributed by atoms with E-state index >= 15 is 0 Å². The van der Waals surface area contributed by atoms with Crippen molar-refractivity contribution < 1.29 is 4.57 Å². The highest BCUT2D eigenvalue weighted by atomic mass is 15.1. The number of aromatic nitrogens is 3. The van der Waals surface area contributed by atoms with Crippen LogP contribution in [0.3, 0.4) is 0 Å². The molecule has 0 N–H and O–H groups in total. The Bertz CT molecular complexity index is 952. The van der Waals surface area contributed by atoms with Crippen molar-refractivity contribution in [3.05, 3.63) is 66.5 Å². The van der Waals surface area contributed by atoms with Gasteiger partial charge in [0.1, 0.15) is 12.4 Å². The first-order valence-corrected chi connectivity index (χ1v) is 7.07. The van der Waals surface area contributed by atoms with E-state index < -0.39 is 0 Å². The lowest BCUT2D eigenvalue weighted by molar-refractivity contribution is -0.643. The summed E-state index contributed by atoms with van der Waals surface area (Å²) in [5, 5.41) is 1.21. The van der Waals surface area contributed by atoms with Gasteiger partial charge in [-0.05, 0) is 30.7 Å².